The van der Waals surface area contributed by atoms with Crippen LogP contribution in [0.3, 0.4) is 0 Å². The van der Waals surface area contributed by atoms with Gasteiger partial charge in [-0.1, -0.05) is 110 Å². The van der Waals surface area contributed by atoms with Crippen LogP contribution in [0.25, 0.3) is 0 Å². The molecule has 0 fully saturated rings. The van der Waals surface area contributed by atoms with Crippen molar-refractivity contribution in [3.8, 4) is 0 Å². The Kier molecular flexibility index (Phi) is 5.48. The number of rotatable bonds is 5. The molecule has 0 spiro atoms. The minimum Gasteiger partial charge on any atom is -0.0739 e. The zero-order chi connectivity index (χ0) is 16.4. The third kappa shape index (κ3) is 3.45. The van der Waals surface area contributed by atoms with Crippen molar-refractivity contribution < 1.29 is 0 Å². The highest BCUT2D eigenvalue weighted by atomic mass is 29.9. The highest BCUT2D eigenvalue weighted by Crippen LogP contribution is 2.21. The largest absolute Gasteiger partial charge is 0.0739 e. The SMILES string of the molecule is C[Si](C)[Si]([Si](C)(C)c1ccccc1)[Si](C)(C)c1ccccc1. The Morgan fingerprint density at radius 1 is 0.591 bits per heavy atom. The van der Waals surface area contributed by atoms with E-state index in [0.717, 1.165) is 0 Å². The summed E-state index contributed by atoms with van der Waals surface area (Å²) in [6, 6.07) is 22.9. The van der Waals surface area contributed by atoms with Crippen molar-refractivity contribution in [2.75, 3.05) is 0 Å². The summed E-state index contributed by atoms with van der Waals surface area (Å²) in [6.45, 7) is 15.7. The van der Waals surface area contributed by atoms with Crippen LogP contribution in [0.2, 0.25) is 39.3 Å². The predicted molar refractivity (Wildman–Crippen MR) is 110 cm³/mol. The molecule has 22 heavy (non-hydrogen) atoms. The average Bonchev–Trinajstić information content (AvgIpc) is 2.48. The number of benzene rings is 2. The summed E-state index contributed by atoms with van der Waals surface area (Å²) in [6.07, 6.45) is 0. The van der Waals surface area contributed by atoms with E-state index in [4.69, 9.17) is 0 Å². The van der Waals surface area contributed by atoms with Crippen LogP contribution in [0.15, 0.2) is 60.7 Å². The molecule has 0 aliphatic carbocycles. The first kappa shape index (κ1) is 17.7. The summed E-state index contributed by atoms with van der Waals surface area (Å²) >= 11 is 0. The van der Waals surface area contributed by atoms with Gasteiger partial charge in [0.25, 0.3) is 0 Å². The van der Waals surface area contributed by atoms with E-state index >= 15 is 0 Å². The molecule has 0 nitrogen and oxygen atoms in total. The zero-order valence-corrected chi connectivity index (χ0v) is 18.8. The third-order valence-corrected chi connectivity index (χ3v) is 55.5. The van der Waals surface area contributed by atoms with Crippen LogP contribution in [0.1, 0.15) is 0 Å². The van der Waals surface area contributed by atoms with Crippen molar-refractivity contribution in [1.82, 2.24) is 0 Å². The standard InChI is InChI=1S/C18H28Si4/c1-19(2)20(21(3,4)17-13-9-7-10-14-17)22(5,6)18-15-11-8-12-16-18/h7-16H,1-6H3. The molecular weight excluding hydrogens is 329 g/mol. The van der Waals surface area contributed by atoms with Crippen molar-refractivity contribution in [2.24, 2.45) is 0 Å². The van der Waals surface area contributed by atoms with Crippen molar-refractivity contribution in [2.45, 2.75) is 39.3 Å². The molecule has 0 atom stereocenters. The second kappa shape index (κ2) is 6.82. The van der Waals surface area contributed by atoms with Crippen LogP contribution in [0.5, 0.6) is 0 Å². The molecule has 0 aliphatic heterocycles. The van der Waals surface area contributed by atoms with Crippen LogP contribution >= 0.6 is 0 Å². The van der Waals surface area contributed by atoms with Crippen LogP contribution in [-0.2, 0) is 0 Å². The van der Waals surface area contributed by atoms with Crippen molar-refractivity contribution in [1.29, 1.82) is 0 Å². The number of hydrogen-bond donors (Lipinski definition) is 0. The van der Waals surface area contributed by atoms with E-state index in [0.29, 0.717) is 0 Å². The van der Waals surface area contributed by atoms with Gasteiger partial charge in [0.15, 0.2) is 0 Å². The molecule has 2 radical (unpaired) electrons. The first-order valence-corrected chi connectivity index (χ1v) is 21.1. The highest BCUT2D eigenvalue weighted by molar-refractivity contribution is 7.81. The van der Waals surface area contributed by atoms with Crippen molar-refractivity contribution in [3.05, 3.63) is 60.7 Å². The summed E-state index contributed by atoms with van der Waals surface area (Å²) < 4.78 is 0. The fraction of sp³-hybridized carbons (Fsp3) is 0.333. The topological polar surface area (TPSA) is 0 Å². The molecule has 0 aliphatic rings. The Morgan fingerprint density at radius 3 is 1.18 bits per heavy atom. The van der Waals surface area contributed by atoms with Gasteiger partial charge >= 0.3 is 0 Å². The second-order valence-corrected chi connectivity index (χ2v) is 37.3. The average molecular weight is 357 g/mol. The van der Waals surface area contributed by atoms with Crippen LogP contribution in [0, 0.1) is 0 Å². The van der Waals surface area contributed by atoms with Crippen molar-refractivity contribution >= 4 is 41.2 Å². The molecule has 0 unspecified atom stereocenters. The molecule has 0 heterocycles. The van der Waals surface area contributed by atoms with Crippen LogP contribution in [0.4, 0.5) is 0 Å². The fourth-order valence-electron chi connectivity index (χ4n) is 4.03. The van der Waals surface area contributed by atoms with Crippen molar-refractivity contribution in [3.63, 3.8) is 0 Å². The smallest absolute Gasteiger partial charge is 0.0666 e. The molecule has 116 valence electrons. The molecule has 0 saturated heterocycles. The van der Waals surface area contributed by atoms with Gasteiger partial charge < -0.3 is 0 Å². The Bertz CT molecular complexity index is 539. The van der Waals surface area contributed by atoms with Gasteiger partial charge in [-0.2, -0.15) is 0 Å². The van der Waals surface area contributed by atoms with Crippen LogP contribution < -0.4 is 10.4 Å². The third-order valence-electron chi connectivity index (χ3n) is 4.74. The lowest BCUT2D eigenvalue weighted by molar-refractivity contribution is 1.72. The first-order valence-electron chi connectivity index (χ1n) is 8.07. The van der Waals surface area contributed by atoms with E-state index < -0.39 is 15.2 Å². The normalized spacial score (nSPS) is 12.9. The van der Waals surface area contributed by atoms with E-state index in [9.17, 15) is 0 Å². The van der Waals surface area contributed by atoms with Crippen LogP contribution in [-0.4, -0.2) is 30.8 Å². The molecule has 0 saturated carbocycles. The lowest BCUT2D eigenvalue weighted by atomic mass is 10.4. The molecule has 4 heteroatoms. The van der Waals surface area contributed by atoms with E-state index in [1.165, 1.54) is 0 Å². The number of hydrogen-bond acceptors (Lipinski definition) is 0. The zero-order valence-electron chi connectivity index (χ0n) is 14.8. The Morgan fingerprint density at radius 2 is 0.909 bits per heavy atom. The molecular formula is C18H28Si4. The van der Waals surface area contributed by atoms with Gasteiger partial charge in [0.2, 0.25) is 0 Å². The highest BCUT2D eigenvalue weighted by Gasteiger charge is 2.48. The lowest BCUT2D eigenvalue weighted by Crippen LogP contribution is -2.76. The molecule has 0 bridgehead atoms. The maximum absolute atomic E-state index is 2.64. The van der Waals surface area contributed by atoms with Gasteiger partial charge in [0, 0.05) is 15.7 Å². The molecule has 2 aromatic carbocycles. The van der Waals surface area contributed by atoms with E-state index in [1.807, 2.05) is 0 Å². The Labute approximate surface area is 141 Å². The van der Waals surface area contributed by atoms with Gasteiger partial charge in [-0.15, -0.1) is 0 Å². The maximum Gasteiger partial charge on any atom is 0.0666 e. The quantitative estimate of drug-likeness (QED) is 0.717. The van der Waals surface area contributed by atoms with Gasteiger partial charge in [-0.05, 0) is 0 Å². The maximum atomic E-state index is 2.64. The van der Waals surface area contributed by atoms with Gasteiger partial charge in [0.1, 0.15) is 0 Å². The van der Waals surface area contributed by atoms with E-state index in [1.54, 1.807) is 10.4 Å². The molecule has 2 rings (SSSR count). The summed E-state index contributed by atoms with van der Waals surface area (Å²) in [5.41, 5.74) is 0. The van der Waals surface area contributed by atoms with Gasteiger partial charge in [0.05, 0.1) is 15.2 Å². The fourth-order valence-corrected chi connectivity index (χ4v) is 67.4. The summed E-state index contributed by atoms with van der Waals surface area (Å²) in [5.74, 6) is 0. The summed E-state index contributed by atoms with van der Waals surface area (Å²) in [4.78, 5) is 0. The van der Waals surface area contributed by atoms with Gasteiger partial charge in [-0.3, -0.25) is 0 Å². The first-order chi connectivity index (χ1) is 10.3. The summed E-state index contributed by atoms with van der Waals surface area (Å²) in [5, 5.41) is 3.35. The molecule has 0 amide bonds. The lowest BCUT2D eigenvalue weighted by Gasteiger charge is -2.44. The molecule has 0 aromatic heterocycles. The Hall–Kier alpha value is -0.692. The minimum absolute atomic E-state index is 0.256. The minimum atomic E-state index is -1.38. The molecule has 0 N–H and O–H groups in total. The monoisotopic (exact) mass is 356 g/mol. The summed E-state index contributed by atoms with van der Waals surface area (Å²) in [7, 11) is -3.36. The Balaban J connectivity index is 2.51. The van der Waals surface area contributed by atoms with E-state index in [-0.39, 0.29) is 15.7 Å². The van der Waals surface area contributed by atoms with E-state index in [2.05, 4.69) is 99.9 Å². The second-order valence-electron chi connectivity index (χ2n) is 7.36. The van der Waals surface area contributed by atoms with Gasteiger partial charge in [-0.25, -0.2) is 0 Å². The molecule has 2 aromatic rings. The predicted octanol–water partition coefficient (Wildman–Crippen LogP) is 3.70.